The Morgan fingerprint density at radius 1 is 1.40 bits per heavy atom. The van der Waals surface area contributed by atoms with Crippen molar-refractivity contribution in [3.63, 3.8) is 0 Å². The number of quaternary nitrogens is 1. The van der Waals surface area contributed by atoms with Crippen LogP contribution in [-0.4, -0.2) is 41.9 Å². The topological polar surface area (TPSA) is 20.2 Å². The van der Waals surface area contributed by atoms with Gasteiger partial charge in [0, 0.05) is 0 Å². The van der Waals surface area contributed by atoms with Crippen molar-refractivity contribution in [2.75, 3.05) is 26.2 Å². The highest BCUT2D eigenvalue weighted by Gasteiger charge is 2.40. The van der Waals surface area contributed by atoms with Crippen molar-refractivity contribution in [2.24, 2.45) is 0 Å². The standard InChI is InChI=1S/C8H18NO/c1-3-5-9(4-2)6-8(10)7-9/h8,10H,3-7H2,1-2H3/q+1. The summed E-state index contributed by atoms with van der Waals surface area (Å²) < 4.78 is 1.15. The van der Waals surface area contributed by atoms with Crippen LogP contribution in [0.15, 0.2) is 0 Å². The molecule has 10 heavy (non-hydrogen) atoms. The molecule has 1 fully saturated rings. The Morgan fingerprint density at radius 3 is 2.30 bits per heavy atom. The smallest absolute Gasteiger partial charge is 0.152 e. The summed E-state index contributed by atoms with van der Waals surface area (Å²) >= 11 is 0. The second kappa shape index (κ2) is 2.89. The predicted octanol–water partition coefficient (Wildman–Crippen LogP) is 0.608. The van der Waals surface area contributed by atoms with E-state index in [0.717, 1.165) is 17.6 Å². The summed E-state index contributed by atoms with van der Waals surface area (Å²) in [5, 5.41) is 9.13. The summed E-state index contributed by atoms with van der Waals surface area (Å²) in [4.78, 5) is 0. The molecule has 0 aromatic carbocycles. The first-order valence-corrected chi connectivity index (χ1v) is 4.25. The molecule has 2 heteroatoms. The number of aliphatic hydroxyl groups is 1. The first kappa shape index (κ1) is 8.02. The van der Waals surface area contributed by atoms with Crippen LogP contribution < -0.4 is 0 Å². The van der Waals surface area contributed by atoms with Gasteiger partial charge in [-0.25, -0.2) is 0 Å². The molecule has 0 bridgehead atoms. The molecule has 1 aliphatic rings. The fourth-order valence-electron chi connectivity index (χ4n) is 1.91. The molecule has 0 aromatic rings. The van der Waals surface area contributed by atoms with Gasteiger partial charge in [0.25, 0.3) is 0 Å². The van der Waals surface area contributed by atoms with Gasteiger partial charge in [0.2, 0.25) is 0 Å². The second-order valence-electron chi connectivity index (χ2n) is 3.40. The maximum absolute atomic E-state index is 9.13. The minimum atomic E-state index is -0.00787. The van der Waals surface area contributed by atoms with Crippen LogP contribution in [0, 0.1) is 0 Å². The number of aliphatic hydroxyl groups excluding tert-OH is 1. The quantitative estimate of drug-likeness (QED) is 0.575. The van der Waals surface area contributed by atoms with Crippen LogP contribution in [0.1, 0.15) is 20.3 Å². The van der Waals surface area contributed by atoms with Gasteiger partial charge in [0.1, 0.15) is 13.1 Å². The Morgan fingerprint density at radius 2 is 2.00 bits per heavy atom. The van der Waals surface area contributed by atoms with E-state index in [1.54, 1.807) is 0 Å². The van der Waals surface area contributed by atoms with Crippen LogP contribution in [0.4, 0.5) is 0 Å². The number of hydrogen-bond acceptors (Lipinski definition) is 1. The Hall–Kier alpha value is -0.0800. The lowest BCUT2D eigenvalue weighted by atomic mass is 10.1. The van der Waals surface area contributed by atoms with Crippen molar-refractivity contribution in [1.29, 1.82) is 0 Å². The number of likely N-dealkylation sites (tertiary alicyclic amines) is 1. The zero-order chi connectivity index (χ0) is 7.61. The normalized spacial score (nSPS) is 39.3. The molecule has 0 amide bonds. The Balaban J connectivity index is 2.32. The van der Waals surface area contributed by atoms with Crippen LogP contribution in [0.5, 0.6) is 0 Å². The van der Waals surface area contributed by atoms with Crippen LogP contribution >= 0.6 is 0 Å². The zero-order valence-corrected chi connectivity index (χ0v) is 7.01. The van der Waals surface area contributed by atoms with Gasteiger partial charge in [0.15, 0.2) is 6.10 Å². The number of hydrogen-bond donors (Lipinski definition) is 1. The Labute approximate surface area is 63.1 Å². The first-order valence-electron chi connectivity index (χ1n) is 4.25. The Kier molecular flexibility index (Phi) is 2.32. The highest BCUT2D eigenvalue weighted by atomic mass is 16.3. The van der Waals surface area contributed by atoms with Crippen molar-refractivity contribution in [3.8, 4) is 0 Å². The third-order valence-electron chi connectivity index (χ3n) is 2.56. The van der Waals surface area contributed by atoms with Gasteiger partial charge in [-0.3, -0.25) is 0 Å². The molecule has 1 aliphatic heterocycles. The summed E-state index contributed by atoms with van der Waals surface area (Å²) in [5.41, 5.74) is 0. The van der Waals surface area contributed by atoms with E-state index in [0.29, 0.717) is 0 Å². The lowest BCUT2D eigenvalue weighted by Gasteiger charge is -2.47. The lowest BCUT2D eigenvalue weighted by Crippen LogP contribution is -2.66. The highest BCUT2D eigenvalue weighted by molar-refractivity contribution is 4.65. The molecule has 0 saturated carbocycles. The number of nitrogens with zero attached hydrogens (tertiary/aromatic N) is 1. The van der Waals surface area contributed by atoms with Crippen molar-refractivity contribution < 1.29 is 9.59 Å². The zero-order valence-electron chi connectivity index (χ0n) is 7.01. The molecule has 60 valence electrons. The summed E-state index contributed by atoms with van der Waals surface area (Å²) in [7, 11) is 0. The van der Waals surface area contributed by atoms with Crippen molar-refractivity contribution >= 4 is 0 Å². The van der Waals surface area contributed by atoms with E-state index in [-0.39, 0.29) is 6.10 Å². The summed E-state index contributed by atoms with van der Waals surface area (Å²) in [6, 6.07) is 0. The second-order valence-corrected chi connectivity index (χ2v) is 3.40. The average Bonchev–Trinajstić information content (AvgIpc) is 1.84. The molecule has 1 saturated heterocycles. The summed E-state index contributed by atoms with van der Waals surface area (Å²) in [6.45, 7) is 8.83. The molecule has 0 aliphatic carbocycles. The average molecular weight is 144 g/mol. The molecule has 0 radical (unpaired) electrons. The largest absolute Gasteiger partial charge is 0.382 e. The van der Waals surface area contributed by atoms with E-state index in [9.17, 15) is 0 Å². The third-order valence-corrected chi connectivity index (χ3v) is 2.56. The van der Waals surface area contributed by atoms with E-state index >= 15 is 0 Å². The van der Waals surface area contributed by atoms with Crippen molar-refractivity contribution in [3.05, 3.63) is 0 Å². The molecule has 0 unspecified atom stereocenters. The number of likely N-dealkylation sites (N-methyl/N-ethyl adjacent to an activating group) is 1. The molecule has 0 aromatic heterocycles. The monoisotopic (exact) mass is 144 g/mol. The molecule has 0 atom stereocenters. The predicted molar refractivity (Wildman–Crippen MR) is 41.7 cm³/mol. The maximum atomic E-state index is 9.13. The van der Waals surface area contributed by atoms with Crippen LogP contribution in [0.25, 0.3) is 0 Å². The van der Waals surface area contributed by atoms with Gasteiger partial charge in [-0.15, -0.1) is 0 Å². The molecule has 0 spiro atoms. The molecule has 1 heterocycles. The molecular weight excluding hydrogens is 126 g/mol. The fourth-order valence-corrected chi connectivity index (χ4v) is 1.91. The van der Waals surface area contributed by atoms with Gasteiger partial charge in [-0.2, -0.15) is 0 Å². The van der Waals surface area contributed by atoms with Crippen molar-refractivity contribution in [1.82, 2.24) is 0 Å². The maximum Gasteiger partial charge on any atom is 0.152 e. The van der Waals surface area contributed by atoms with Gasteiger partial charge in [-0.1, -0.05) is 6.92 Å². The minimum absolute atomic E-state index is 0.00787. The highest BCUT2D eigenvalue weighted by Crippen LogP contribution is 2.20. The first-order chi connectivity index (χ1) is 4.72. The third kappa shape index (κ3) is 1.32. The van der Waals surface area contributed by atoms with Gasteiger partial charge in [0.05, 0.1) is 13.1 Å². The Bertz CT molecular complexity index is 102. The summed E-state index contributed by atoms with van der Waals surface area (Å²) in [5.74, 6) is 0. The van der Waals surface area contributed by atoms with Crippen molar-refractivity contribution in [2.45, 2.75) is 26.4 Å². The number of rotatable bonds is 3. The molecular formula is C8H18NO+. The van der Waals surface area contributed by atoms with E-state index in [1.165, 1.54) is 19.5 Å². The minimum Gasteiger partial charge on any atom is -0.382 e. The van der Waals surface area contributed by atoms with Gasteiger partial charge >= 0.3 is 0 Å². The van der Waals surface area contributed by atoms with E-state index < -0.39 is 0 Å². The lowest BCUT2D eigenvalue weighted by molar-refractivity contribution is -0.970. The fraction of sp³-hybridized carbons (Fsp3) is 1.00. The van der Waals surface area contributed by atoms with E-state index in [4.69, 9.17) is 5.11 Å². The van der Waals surface area contributed by atoms with Crippen LogP contribution in [-0.2, 0) is 0 Å². The molecule has 1 rings (SSSR count). The summed E-state index contributed by atoms with van der Waals surface area (Å²) in [6.07, 6.45) is 1.23. The van der Waals surface area contributed by atoms with Gasteiger partial charge < -0.3 is 9.59 Å². The van der Waals surface area contributed by atoms with Crippen LogP contribution in [0.2, 0.25) is 0 Å². The van der Waals surface area contributed by atoms with E-state index in [1.807, 2.05) is 0 Å². The SMILES string of the molecule is CCC[N+]1(CC)CC(O)C1. The van der Waals surface area contributed by atoms with E-state index in [2.05, 4.69) is 13.8 Å². The van der Waals surface area contributed by atoms with Gasteiger partial charge in [-0.05, 0) is 13.3 Å². The molecule has 1 N–H and O–H groups in total. The molecule has 2 nitrogen and oxygen atoms in total. The van der Waals surface area contributed by atoms with Crippen LogP contribution in [0.3, 0.4) is 0 Å².